The number of alkyl halides is 3. The van der Waals surface area contributed by atoms with E-state index in [1.54, 1.807) is 0 Å². The van der Waals surface area contributed by atoms with E-state index in [4.69, 9.17) is 27.9 Å². The number of rotatable bonds is 7. The van der Waals surface area contributed by atoms with Gasteiger partial charge in [0.25, 0.3) is 0 Å². The number of hydrogen-bond acceptors (Lipinski definition) is 5. The highest BCUT2D eigenvalue weighted by Gasteiger charge is 2.30. The van der Waals surface area contributed by atoms with Crippen molar-refractivity contribution in [2.75, 3.05) is 6.61 Å². The van der Waals surface area contributed by atoms with Gasteiger partial charge in [-0.15, -0.1) is 0 Å². The van der Waals surface area contributed by atoms with Crippen LogP contribution in [0.4, 0.5) is 17.6 Å². The largest absolute Gasteiger partial charge is 0.462 e. The van der Waals surface area contributed by atoms with E-state index in [0.717, 1.165) is 24.4 Å². The Labute approximate surface area is 178 Å². The van der Waals surface area contributed by atoms with Gasteiger partial charge in [0.2, 0.25) is 5.78 Å². The van der Waals surface area contributed by atoms with E-state index in [2.05, 4.69) is 10.3 Å². The number of nitrogens with one attached hydrogen (secondary N) is 1. The van der Waals surface area contributed by atoms with Gasteiger partial charge < -0.3 is 10.1 Å². The third-order valence-electron chi connectivity index (χ3n) is 3.71. The molecule has 0 aliphatic rings. The Balaban J connectivity index is 2.24. The molecular weight excluding hydrogens is 451 g/mol. The van der Waals surface area contributed by atoms with Gasteiger partial charge in [0.05, 0.1) is 17.7 Å². The molecule has 1 heterocycles. The van der Waals surface area contributed by atoms with Crippen LogP contribution in [0.2, 0.25) is 10.3 Å². The zero-order valence-corrected chi connectivity index (χ0v) is 16.8. The Morgan fingerprint density at radius 3 is 2.37 bits per heavy atom. The first-order chi connectivity index (χ1) is 14.0. The van der Waals surface area contributed by atoms with Gasteiger partial charge in [-0.25, -0.2) is 14.2 Å². The summed E-state index contributed by atoms with van der Waals surface area (Å²) in [5.41, 5.74) is -1.27. The predicted octanol–water partition coefficient (Wildman–Crippen LogP) is 4.97. The van der Waals surface area contributed by atoms with Crippen LogP contribution in [0.15, 0.2) is 42.1 Å². The lowest BCUT2D eigenvalue weighted by Crippen LogP contribution is -2.20. The lowest BCUT2D eigenvalue weighted by molar-refractivity contribution is -0.138. The second-order valence-electron chi connectivity index (χ2n) is 5.78. The minimum Gasteiger partial charge on any atom is -0.462 e. The van der Waals surface area contributed by atoms with Crippen LogP contribution in [-0.2, 0) is 22.3 Å². The van der Waals surface area contributed by atoms with Crippen molar-refractivity contribution in [1.29, 1.82) is 0 Å². The van der Waals surface area contributed by atoms with Gasteiger partial charge in [-0.1, -0.05) is 35.3 Å². The molecule has 0 atom stereocenters. The first kappa shape index (κ1) is 23.6. The van der Waals surface area contributed by atoms with Crippen molar-refractivity contribution in [2.45, 2.75) is 19.6 Å². The second kappa shape index (κ2) is 9.90. The molecule has 1 aromatic heterocycles. The number of benzene rings is 1. The molecule has 0 radical (unpaired) electrons. The summed E-state index contributed by atoms with van der Waals surface area (Å²) in [5, 5.41) is 1.69. The molecule has 0 aliphatic carbocycles. The number of aromatic nitrogens is 1. The smallest absolute Gasteiger partial charge is 0.416 e. The molecule has 5 nitrogen and oxygen atoms in total. The summed E-state index contributed by atoms with van der Waals surface area (Å²) in [4.78, 5) is 28.3. The van der Waals surface area contributed by atoms with Gasteiger partial charge >= 0.3 is 12.1 Å². The summed E-state index contributed by atoms with van der Waals surface area (Å²) in [6, 6.07) is 5.03. The summed E-state index contributed by atoms with van der Waals surface area (Å²) in [5.74, 6) is -2.99. The summed E-state index contributed by atoms with van der Waals surface area (Å²) in [6.45, 7) is 1.48. The summed E-state index contributed by atoms with van der Waals surface area (Å²) in [6.07, 6.45) is -3.45. The van der Waals surface area contributed by atoms with Crippen molar-refractivity contribution < 1.29 is 31.9 Å². The molecule has 0 unspecified atom stereocenters. The maximum Gasteiger partial charge on any atom is 0.416 e. The number of hydrogen-bond donors (Lipinski definition) is 1. The molecule has 0 amide bonds. The molecule has 0 bridgehead atoms. The molecule has 2 aromatic rings. The number of ketones is 1. The summed E-state index contributed by atoms with van der Waals surface area (Å²) >= 11 is 11.3. The molecule has 0 saturated heterocycles. The van der Waals surface area contributed by atoms with Gasteiger partial charge in [-0.05, 0) is 30.7 Å². The minimum absolute atomic E-state index is 0.00468. The molecule has 30 heavy (non-hydrogen) atoms. The third kappa shape index (κ3) is 5.93. The molecule has 11 heteroatoms. The third-order valence-corrected chi connectivity index (χ3v) is 4.26. The number of pyridine rings is 1. The zero-order chi connectivity index (χ0) is 22.5. The number of Topliss-reactive ketones (excluding diaryl/α,β-unsaturated/α-hetero) is 1. The van der Waals surface area contributed by atoms with Gasteiger partial charge in [0.15, 0.2) is 11.0 Å². The Bertz CT molecular complexity index is 977. The summed E-state index contributed by atoms with van der Waals surface area (Å²) < 4.78 is 56.3. The van der Waals surface area contributed by atoms with E-state index in [9.17, 15) is 27.2 Å². The van der Waals surface area contributed by atoms with Gasteiger partial charge in [0, 0.05) is 12.7 Å². The van der Waals surface area contributed by atoms with Crippen LogP contribution in [0, 0.1) is 5.82 Å². The van der Waals surface area contributed by atoms with E-state index in [1.165, 1.54) is 19.1 Å². The molecule has 0 spiro atoms. The number of halogens is 6. The van der Waals surface area contributed by atoms with Crippen LogP contribution in [-0.4, -0.2) is 23.3 Å². The molecule has 1 N–H and O–H groups in total. The fraction of sp³-hybridized carbons (Fsp3) is 0.211. The summed E-state index contributed by atoms with van der Waals surface area (Å²) in [7, 11) is 0. The van der Waals surface area contributed by atoms with E-state index in [0.29, 0.717) is 5.56 Å². The highest BCUT2D eigenvalue weighted by Crippen LogP contribution is 2.29. The van der Waals surface area contributed by atoms with Crippen LogP contribution in [0.5, 0.6) is 0 Å². The normalized spacial score (nSPS) is 11.9. The molecule has 1 aromatic carbocycles. The maximum absolute atomic E-state index is 13.7. The number of esters is 1. The Kier molecular flexibility index (Phi) is 7.80. The zero-order valence-electron chi connectivity index (χ0n) is 15.3. The van der Waals surface area contributed by atoms with E-state index in [1.807, 2.05) is 0 Å². The lowest BCUT2D eigenvalue weighted by Gasteiger charge is -2.10. The van der Waals surface area contributed by atoms with E-state index in [-0.39, 0.29) is 13.2 Å². The quantitative estimate of drug-likeness (QED) is 0.119. The highest BCUT2D eigenvalue weighted by atomic mass is 35.5. The standard InChI is InChI=1S/C19H14Cl2F4N2O3/c1-2-30-18(29)13(15(28)12-7-14(22)17(21)27-16(12)20)9-26-8-10-3-5-11(6-4-10)19(23,24)25/h3-7,9,26H,2,8H2,1H3. The monoisotopic (exact) mass is 464 g/mol. The molecule has 0 saturated carbocycles. The number of carbonyl (C=O) groups excluding carboxylic acids is 2. The van der Waals surface area contributed by atoms with Crippen LogP contribution in [0.1, 0.15) is 28.4 Å². The van der Waals surface area contributed by atoms with Gasteiger partial charge in [-0.3, -0.25) is 4.79 Å². The molecule has 0 aliphatic heterocycles. The van der Waals surface area contributed by atoms with Crippen LogP contribution in [0.3, 0.4) is 0 Å². The second-order valence-corrected chi connectivity index (χ2v) is 6.50. The van der Waals surface area contributed by atoms with Crippen LogP contribution >= 0.6 is 23.2 Å². The maximum atomic E-state index is 13.7. The lowest BCUT2D eigenvalue weighted by atomic mass is 10.1. The fourth-order valence-electron chi connectivity index (χ4n) is 2.26. The SMILES string of the molecule is CCOC(=O)C(=CNCc1ccc(C(F)(F)F)cc1)C(=O)c1cc(F)c(Cl)nc1Cl. The van der Waals surface area contributed by atoms with Crippen molar-refractivity contribution in [2.24, 2.45) is 0 Å². The average molecular weight is 465 g/mol. The van der Waals surface area contributed by atoms with Crippen LogP contribution < -0.4 is 5.32 Å². The van der Waals surface area contributed by atoms with Crippen molar-refractivity contribution in [3.8, 4) is 0 Å². The van der Waals surface area contributed by atoms with Gasteiger partial charge in [-0.2, -0.15) is 13.2 Å². The first-order valence-electron chi connectivity index (χ1n) is 8.37. The van der Waals surface area contributed by atoms with Gasteiger partial charge in [0.1, 0.15) is 10.7 Å². The van der Waals surface area contributed by atoms with Crippen molar-refractivity contribution >= 4 is 35.0 Å². The van der Waals surface area contributed by atoms with E-state index < -0.39 is 50.8 Å². The molecular formula is C19H14Cl2F4N2O3. The topological polar surface area (TPSA) is 68.3 Å². The Morgan fingerprint density at radius 1 is 1.17 bits per heavy atom. The highest BCUT2D eigenvalue weighted by molar-refractivity contribution is 6.37. The van der Waals surface area contributed by atoms with Crippen molar-refractivity contribution in [3.05, 3.63) is 74.9 Å². The van der Waals surface area contributed by atoms with Crippen molar-refractivity contribution in [3.63, 3.8) is 0 Å². The molecule has 2 rings (SSSR count). The number of ether oxygens (including phenoxy) is 1. The number of carbonyl (C=O) groups is 2. The Morgan fingerprint density at radius 2 is 1.80 bits per heavy atom. The molecule has 0 fully saturated rings. The van der Waals surface area contributed by atoms with Crippen LogP contribution in [0.25, 0.3) is 0 Å². The molecule has 160 valence electrons. The minimum atomic E-state index is -4.46. The van der Waals surface area contributed by atoms with E-state index >= 15 is 0 Å². The predicted molar refractivity (Wildman–Crippen MR) is 102 cm³/mol. The number of nitrogens with zero attached hydrogens (tertiary/aromatic N) is 1. The average Bonchev–Trinajstić information content (AvgIpc) is 2.67. The first-order valence-corrected chi connectivity index (χ1v) is 9.13. The fourth-order valence-corrected chi connectivity index (χ4v) is 2.67. The van der Waals surface area contributed by atoms with Crippen molar-refractivity contribution in [1.82, 2.24) is 10.3 Å². The Hall–Kier alpha value is -2.65.